The first-order chi connectivity index (χ1) is 5.70. The molecule has 12 heavy (non-hydrogen) atoms. The van der Waals surface area contributed by atoms with E-state index >= 15 is 0 Å². The standard InChI is InChI=1S/C9H11NO2/c1-7-5-3-4-6-9(7)12-10-8(2)11/h3-6H,1-2H3,(H,10,11). The van der Waals surface area contributed by atoms with E-state index in [1.165, 1.54) is 6.92 Å². The molecule has 1 amide bonds. The Morgan fingerprint density at radius 2 is 2.08 bits per heavy atom. The smallest absolute Gasteiger partial charge is 0.249 e. The predicted octanol–water partition coefficient (Wildman–Crippen LogP) is 1.42. The van der Waals surface area contributed by atoms with Gasteiger partial charge in [0.25, 0.3) is 0 Å². The van der Waals surface area contributed by atoms with Gasteiger partial charge in [-0.15, -0.1) is 0 Å². The van der Waals surface area contributed by atoms with Crippen molar-refractivity contribution in [3.05, 3.63) is 29.8 Å². The van der Waals surface area contributed by atoms with Crippen LogP contribution in [0.3, 0.4) is 0 Å². The van der Waals surface area contributed by atoms with E-state index in [1.807, 2.05) is 25.1 Å². The maximum atomic E-state index is 10.5. The number of nitrogens with one attached hydrogen (secondary N) is 1. The highest BCUT2D eigenvalue weighted by Crippen LogP contribution is 2.14. The normalized spacial score (nSPS) is 9.17. The van der Waals surface area contributed by atoms with Gasteiger partial charge in [0.2, 0.25) is 5.91 Å². The third kappa shape index (κ3) is 2.27. The summed E-state index contributed by atoms with van der Waals surface area (Å²) in [5.41, 5.74) is 3.26. The van der Waals surface area contributed by atoms with Crippen LogP contribution in [0.4, 0.5) is 0 Å². The summed E-state index contributed by atoms with van der Waals surface area (Å²) in [6, 6.07) is 7.47. The molecule has 0 radical (unpaired) electrons. The molecule has 0 aromatic heterocycles. The van der Waals surface area contributed by atoms with Crippen LogP contribution in [0.1, 0.15) is 12.5 Å². The van der Waals surface area contributed by atoms with E-state index < -0.39 is 0 Å². The molecule has 0 bridgehead atoms. The summed E-state index contributed by atoms with van der Waals surface area (Å²) in [5, 5.41) is 0. The summed E-state index contributed by atoms with van der Waals surface area (Å²) < 4.78 is 0. The number of rotatable bonds is 2. The van der Waals surface area contributed by atoms with Crippen LogP contribution in [0.25, 0.3) is 0 Å². The van der Waals surface area contributed by atoms with Gasteiger partial charge in [-0.25, -0.2) is 0 Å². The van der Waals surface area contributed by atoms with Crippen molar-refractivity contribution in [3.63, 3.8) is 0 Å². The summed E-state index contributed by atoms with van der Waals surface area (Å²) in [4.78, 5) is 15.5. The fraction of sp³-hybridized carbons (Fsp3) is 0.222. The van der Waals surface area contributed by atoms with Gasteiger partial charge in [-0.1, -0.05) is 18.2 Å². The zero-order valence-corrected chi connectivity index (χ0v) is 7.13. The molecule has 3 heteroatoms. The van der Waals surface area contributed by atoms with Crippen molar-refractivity contribution in [1.29, 1.82) is 0 Å². The van der Waals surface area contributed by atoms with Gasteiger partial charge in [-0.05, 0) is 18.6 Å². The summed E-state index contributed by atoms with van der Waals surface area (Å²) in [6.07, 6.45) is 0. The molecule has 64 valence electrons. The molecular formula is C9H11NO2. The van der Waals surface area contributed by atoms with Gasteiger partial charge in [-0.2, -0.15) is 5.48 Å². The minimum Gasteiger partial charge on any atom is -0.379 e. The number of benzene rings is 1. The van der Waals surface area contributed by atoms with Crippen molar-refractivity contribution in [1.82, 2.24) is 5.48 Å². The van der Waals surface area contributed by atoms with Crippen LogP contribution in [0, 0.1) is 6.92 Å². The number of carbonyl (C=O) groups is 1. The second kappa shape index (κ2) is 3.76. The Balaban J connectivity index is 2.63. The van der Waals surface area contributed by atoms with Gasteiger partial charge >= 0.3 is 0 Å². The molecule has 3 nitrogen and oxygen atoms in total. The first kappa shape index (κ1) is 8.59. The van der Waals surface area contributed by atoms with E-state index in [0.29, 0.717) is 5.75 Å². The molecule has 0 aliphatic carbocycles. The van der Waals surface area contributed by atoms with Gasteiger partial charge in [0, 0.05) is 6.92 Å². The number of para-hydroxylation sites is 1. The van der Waals surface area contributed by atoms with Gasteiger partial charge < -0.3 is 4.84 Å². The lowest BCUT2D eigenvalue weighted by molar-refractivity contribution is -0.125. The van der Waals surface area contributed by atoms with Crippen LogP contribution in [-0.2, 0) is 4.79 Å². The summed E-state index contributed by atoms with van der Waals surface area (Å²) in [6.45, 7) is 3.31. The number of hydrogen-bond donors (Lipinski definition) is 1. The van der Waals surface area contributed by atoms with E-state index in [9.17, 15) is 4.79 Å². The number of carbonyl (C=O) groups excluding carboxylic acids is 1. The third-order valence-corrected chi connectivity index (χ3v) is 1.40. The summed E-state index contributed by atoms with van der Waals surface area (Å²) >= 11 is 0. The van der Waals surface area contributed by atoms with Gasteiger partial charge in [0.1, 0.15) is 0 Å². The van der Waals surface area contributed by atoms with E-state index in [2.05, 4.69) is 5.48 Å². The molecule has 0 atom stereocenters. The number of amides is 1. The zero-order chi connectivity index (χ0) is 8.97. The van der Waals surface area contributed by atoms with Crippen LogP contribution in [0.5, 0.6) is 5.75 Å². The van der Waals surface area contributed by atoms with Crippen LogP contribution in [0.15, 0.2) is 24.3 Å². The molecule has 1 aromatic carbocycles. The molecule has 0 spiro atoms. The van der Waals surface area contributed by atoms with E-state index in [4.69, 9.17) is 4.84 Å². The van der Waals surface area contributed by atoms with Gasteiger partial charge in [-0.3, -0.25) is 4.79 Å². The topological polar surface area (TPSA) is 38.3 Å². The summed E-state index contributed by atoms with van der Waals surface area (Å²) in [7, 11) is 0. The lowest BCUT2D eigenvalue weighted by Crippen LogP contribution is -2.23. The maximum Gasteiger partial charge on any atom is 0.249 e. The van der Waals surface area contributed by atoms with Gasteiger partial charge in [0.15, 0.2) is 5.75 Å². The Kier molecular flexibility index (Phi) is 2.69. The highest BCUT2D eigenvalue weighted by molar-refractivity contribution is 5.71. The lowest BCUT2D eigenvalue weighted by Gasteiger charge is -2.06. The number of hydroxylamine groups is 1. The minimum absolute atomic E-state index is 0.210. The molecule has 0 aliphatic heterocycles. The Hall–Kier alpha value is -1.51. The molecule has 0 aliphatic rings. The second-order valence-corrected chi connectivity index (χ2v) is 2.53. The Bertz CT molecular complexity index is 284. The van der Waals surface area contributed by atoms with Crippen molar-refractivity contribution < 1.29 is 9.63 Å². The van der Waals surface area contributed by atoms with E-state index in [-0.39, 0.29) is 5.91 Å². The van der Waals surface area contributed by atoms with E-state index in [1.54, 1.807) is 6.07 Å². The predicted molar refractivity (Wildman–Crippen MR) is 45.6 cm³/mol. The van der Waals surface area contributed by atoms with Crippen LogP contribution < -0.4 is 10.3 Å². The molecule has 0 saturated carbocycles. The SMILES string of the molecule is CC(=O)NOc1ccccc1C. The number of aryl methyl sites for hydroxylation is 1. The third-order valence-electron chi connectivity index (χ3n) is 1.40. The average molecular weight is 165 g/mol. The number of hydrogen-bond acceptors (Lipinski definition) is 2. The van der Waals surface area contributed by atoms with Crippen LogP contribution >= 0.6 is 0 Å². The molecule has 1 N–H and O–H groups in total. The Morgan fingerprint density at radius 3 is 2.67 bits per heavy atom. The minimum atomic E-state index is -0.210. The highest BCUT2D eigenvalue weighted by Gasteiger charge is 1.97. The Morgan fingerprint density at radius 1 is 1.42 bits per heavy atom. The fourth-order valence-corrected chi connectivity index (χ4v) is 0.798. The van der Waals surface area contributed by atoms with Crippen molar-refractivity contribution in [2.24, 2.45) is 0 Å². The molecular weight excluding hydrogens is 154 g/mol. The molecule has 0 heterocycles. The zero-order valence-electron chi connectivity index (χ0n) is 7.13. The highest BCUT2D eigenvalue weighted by atomic mass is 16.7. The molecule has 1 aromatic rings. The monoisotopic (exact) mass is 165 g/mol. The fourth-order valence-electron chi connectivity index (χ4n) is 0.798. The Labute approximate surface area is 71.3 Å². The first-order valence-electron chi connectivity index (χ1n) is 3.69. The second-order valence-electron chi connectivity index (χ2n) is 2.53. The van der Waals surface area contributed by atoms with Crippen LogP contribution in [0.2, 0.25) is 0 Å². The summed E-state index contributed by atoms with van der Waals surface area (Å²) in [5.74, 6) is 0.464. The average Bonchev–Trinajstić information content (AvgIpc) is 2.03. The molecule has 1 rings (SSSR count). The molecule has 0 fully saturated rings. The quantitative estimate of drug-likeness (QED) is 0.673. The molecule has 0 saturated heterocycles. The first-order valence-corrected chi connectivity index (χ1v) is 3.69. The lowest BCUT2D eigenvalue weighted by atomic mass is 10.2. The van der Waals surface area contributed by atoms with Gasteiger partial charge in [0.05, 0.1) is 0 Å². The largest absolute Gasteiger partial charge is 0.379 e. The van der Waals surface area contributed by atoms with Crippen molar-refractivity contribution in [2.45, 2.75) is 13.8 Å². The maximum absolute atomic E-state index is 10.5. The van der Waals surface area contributed by atoms with Crippen LogP contribution in [-0.4, -0.2) is 5.91 Å². The van der Waals surface area contributed by atoms with E-state index in [0.717, 1.165) is 5.56 Å². The van der Waals surface area contributed by atoms with Crippen molar-refractivity contribution in [2.75, 3.05) is 0 Å². The molecule has 0 unspecified atom stereocenters. The van der Waals surface area contributed by atoms with Crippen molar-refractivity contribution in [3.8, 4) is 5.75 Å². The van der Waals surface area contributed by atoms with Crippen molar-refractivity contribution >= 4 is 5.91 Å².